The summed E-state index contributed by atoms with van der Waals surface area (Å²) in [5.41, 5.74) is 5.88. The van der Waals surface area contributed by atoms with E-state index in [2.05, 4.69) is 43.1 Å². The molecular formula is C22H20N2OS. The van der Waals surface area contributed by atoms with E-state index in [9.17, 15) is 5.26 Å². The van der Waals surface area contributed by atoms with E-state index >= 15 is 0 Å². The predicted molar refractivity (Wildman–Crippen MR) is 108 cm³/mol. The molecule has 4 heteroatoms. The summed E-state index contributed by atoms with van der Waals surface area (Å²) in [7, 11) is 0. The number of allylic oxidation sites excluding steroid dienone is 1. The molecule has 0 fully saturated rings. The number of hydrogen-bond donors (Lipinski definition) is 0. The van der Waals surface area contributed by atoms with Gasteiger partial charge in [-0.1, -0.05) is 30.3 Å². The topological polar surface area (TPSA) is 45.9 Å². The van der Waals surface area contributed by atoms with Crippen molar-refractivity contribution < 1.29 is 4.74 Å². The van der Waals surface area contributed by atoms with Gasteiger partial charge in [0.2, 0.25) is 0 Å². The lowest BCUT2D eigenvalue weighted by molar-refractivity contribution is 0.339. The fourth-order valence-electron chi connectivity index (χ4n) is 2.61. The zero-order valence-electron chi connectivity index (χ0n) is 15.1. The highest BCUT2D eigenvalue weighted by Gasteiger charge is 2.11. The van der Waals surface area contributed by atoms with Gasteiger partial charge in [0.25, 0.3) is 0 Å². The molecule has 2 aromatic carbocycles. The molecule has 0 N–H and O–H groups in total. The first-order valence-corrected chi connectivity index (χ1v) is 9.37. The van der Waals surface area contributed by atoms with Crippen LogP contribution in [0.25, 0.3) is 22.9 Å². The second kappa shape index (κ2) is 7.99. The molecule has 1 aromatic heterocycles. The summed E-state index contributed by atoms with van der Waals surface area (Å²) in [5.74, 6) is 0.772. The average molecular weight is 360 g/mol. The maximum Gasteiger partial charge on any atom is 0.134 e. The van der Waals surface area contributed by atoms with Crippen LogP contribution in [0.4, 0.5) is 0 Å². The molecule has 0 saturated carbocycles. The van der Waals surface area contributed by atoms with Crippen LogP contribution in [-0.2, 0) is 0 Å². The Morgan fingerprint density at radius 2 is 2.00 bits per heavy atom. The highest BCUT2D eigenvalue weighted by Crippen LogP contribution is 2.30. The van der Waals surface area contributed by atoms with E-state index < -0.39 is 0 Å². The largest absolute Gasteiger partial charge is 0.493 e. The number of nitriles is 1. The van der Waals surface area contributed by atoms with Crippen LogP contribution in [0.15, 0.2) is 47.8 Å². The smallest absolute Gasteiger partial charge is 0.134 e. The van der Waals surface area contributed by atoms with Crippen LogP contribution in [0, 0.1) is 25.2 Å². The van der Waals surface area contributed by atoms with E-state index in [1.807, 2.05) is 42.6 Å². The highest BCUT2D eigenvalue weighted by molar-refractivity contribution is 7.11. The fourth-order valence-corrected chi connectivity index (χ4v) is 3.41. The quantitative estimate of drug-likeness (QED) is 0.533. The number of benzene rings is 2. The number of nitrogens with zero attached hydrogens (tertiary/aromatic N) is 2. The first-order chi connectivity index (χ1) is 12.6. The third-order valence-corrected chi connectivity index (χ3v) is 5.05. The lowest BCUT2D eigenvalue weighted by atomic mass is 10.1. The van der Waals surface area contributed by atoms with Crippen molar-refractivity contribution >= 4 is 23.0 Å². The Labute approximate surface area is 158 Å². The molecule has 3 aromatic rings. The zero-order valence-corrected chi connectivity index (χ0v) is 15.9. The van der Waals surface area contributed by atoms with Gasteiger partial charge in [0.15, 0.2) is 0 Å². The van der Waals surface area contributed by atoms with E-state index in [0.29, 0.717) is 17.2 Å². The molecule has 0 saturated heterocycles. The molecule has 0 aliphatic carbocycles. The van der Waals surface area contributed by atoms with Crippen molar-refractivity contribution in [1.29, 1.82) is 5.26 Å². The first-order valence-electron chi connectivity index (χ1n) is 8.49. The summed E-state index contributed by atoms with van der Waals surface area (Å²) in [6.45, 7) is 6.72. The van der Waals surface area contributed by atoms with E-state index in [4.69, 9.17) is 4.74 Å². The highest BCUT2D eigenvalue weighted by atomic mass is 32.1. The number of rotatable bonds is 5. The molecule has 3 nitrogen and oxygen atoms in total. The average Bonchev–Trinajstić information content (AvgIpc) is 3.13. The monoisotopic (exact) mass is 360 g/mol. The molecule has 0 bridgehead atoms. The zero-order chi connectivity index (χ0) is 18.5. The van der Waals surface area contributed by atoms with Gasteiger partial charge in [-0.05, 0) is 50.1 Å². The van der Waals surface area contributed by atoms with Crippen LogP contribution in [0.2, 0.25) is 0 Å². The second-order valence-corrected chi connectivity index (χ2v) is 6.84. The molecule has 26 heavy (non-hydrogen) atoms. The molecule has 0 unspecified atom stereocenters. The maximum absolute atomic E-state index is 9.63. The van der Waals surface area contributed by atoms with Crippen LogP contribution < -0.4 is 4.74 Å². The molecular weight excluding hydrogens is 340 g/mol. The molecule has 0 aliphatic rings. The Kier molecular flexibility index (Phi) is 5.50. The molecule has 0 radical (unpaired) electrons. The summed E-state index contributed by atoms with van der Waals surface area (Å²) in [5, 5.41) is 12.3. The molecule has 130 valence electrons. The van der Waals surface area contributed by atoms with E-state index in [1.54, 1.807) is 0 Å². The second-order valence-electron chi connectivity index (χ2n) is 5.98. The van der Waals surface area contributed by atoms with Crippen molar-refractivity contribution in [1.82, 2.24) is 4.98 Å². The number of aryl methyl sites for hydroxylation is 2. The molecule has 0 amide bonds. The number of hydrogen-bond acceptors (Lipinski definition) is 4. The Morgan fingerprint density at radius 1 is 1.19 bits per heavy atom. The minimum Gasteiger partial charge on any atom is -0.493 e. The number of aromatic nitrogens is 1. The first kappa shape index (κ1) is 17.9. The molecule has 1 heterocycles. The van der Waals surface area contributed by atoms with Crippen LogP contribution in [-0.4, -0.2) is 11.6 Å². The molecule has 0 aliphatic heterocycles. The van der Waals surface area contributed by atoms with Crippen molar-refractivity contribution in [2.75, 3.05) is 6.61 Å². The van der Waals surface area contributed by atoms with Gasteiger partial charge in [-0.2, -0.15) is 5.26 Å². The number of ether oxygens (including phenoxy) is 1. The van der Waals surface area contributed by atoms with Crippen LogP contribution >= 0.6 is 11.3 Å². The lowest BCUT2D eigenvalue weighted by Gasteiger charge is -2.06. The van der Waals surface area contributed by atoms with Gasteiger partial charge in [-0.25, -0.2) is 4.98 Å². The Balaban J connectivity index is 1.96. The van der Waals surface area contributed by atoms with Gasteiger partial charge in [-0.15, -0.1) is 11.3 Å². The minimum absolute atomic E-state index is 0.539. The summed E-state index contributed by atoms with van der Waals surface area (Å²) in [6.07, 6.45) is 1.84. The van der Waals surface area contributed by atoms with Gasteiger partial charge < -0.3 is 4.74 Å². The van der Waals surface area contributed by atoms with Gasteiger partial charge >= 0.3 is 0 Å². The fraction of sp³-hybridized carbons (Fsp3) is 0.182. The van der Waals surface area contributed by atoms with Crippen molar-refractivity contribution in [3.8, 4) is 23.1 Å². The van der Waals surface area contributed by atoms with E-state index in [1.165, 1.54) is 22.5 Å². The van der Waals surface area contributed by atoms with Crippen molar-refractivity contribution in [2.45, 2.75) is 20.8 Å². The van der Waals surface area contributed by atoms with Gasteiger partial charge in [0.05, 0.1) is 17.9 Å². The van der Waals surface area contributed by atoms with Gasteiger partial charge in [0.1, 0.15) is 16.8 Å². The standard InChI is InChI=1S/C22H20N2OS/c1-4-25-21-8-6-5-7-18(21)12-19(13-23)22-24-20(14-26-22)17-10-9-15(2)16(3)11-17/h5-12,14H,4H2,1-3H3/b19-12-. The van der Waals surface area contributed by atoms with E-state index in [0.717, 1.165) is 22.6 Å². The predicted octanol–water partition coefficient (Wildman–Crippen LogP) is 5.89. The third kappa shape index (κ3) is 3.84. The van der Waals surface area contributed by atoms with Crippen LogP contribution in [0.5, 0.6) is 5.75 Å². The summed E-state index contributed by atoms with van der Waals surface area (Å²) >= 11 is 1.48. The summed E-state index contributed by atoms with van der Waals surface area (Å²) in [6, 6.07) is 16.3. The molecule has 0 atom stereocenters. The van der Waals surface area contributed by atoms with Gasteiger partial charge in [0, 0.05) is 16.5 Å². The van der Waals surface area contributed by atoms with Crippen LogP contribution in [0.1, 0.15) is 28.6 Å². The number of para-hydroxylation sites is 1. The minimum atomic E-state index is 0.539. The van der Waals surface area contributed by atoms with Gasteiger partial charge in [-0.3, -0.25) is 0 Å². The number of thiazole rings is 1. The third-order valence-electron chi connectivity index (χ3n) is 4.18. The van der Waals surface area contributed by atoms with E-state index in [-0.39, 0.29) is 0 Å². The van der Waals surface area contributed by atoms with Crippen molar-refractivity contribution in [3.05, 3.63) is 69.5 Å². The summed E-state index contributed by atoms with van der Waals surface area (Å²) < 4.78 is 5.65. The molecule has 0 spiro atoms. The van der Waals surface area contributed by atoms with Crippen molar-refractivity contribution in [3.63, 3.8) is 0 Å². The Hall–Kier alpha value is -2.90. The Bertz CT molecular complexity index is 995. The SMILES string of the molecule is CCOc1ccccc1/C=C(/C#N)c1nc(-c2ccc(C)c(C)c2)cs1. The lowest BCUT2D eigenvalue weighted by Crippen LogP contribution is -1.93. The normalized spacial score (nSPS) is 11.2. The molecule has 3 rings (SSSR count). The maximum atomic E-state index is 9.63. The van der Waals surface area contributed by atoms with Crippen LogP contribution in [0.3, 0.4) is 0 Å². The Morgan fingerprint density at radius 3 is 2.73 bits per heavy atom. The summed E-state index contributed by atoms with van der Waals surface area (Å²) in [4.78, 5) is 4.68. The van der Waals surface area contributed by atoms with Crippen molar-refractivity contribution in [2.24, 2.45) is 0 Å².